The van der Waals surface area contributed by atoms with Crippen molar-refractivity contribution in [3.63, 3.8) is 0 Å². The van der Waals surface area contributed by atoms with Crippen LogP contribution in [-0.2, 0) is 0 Å². The van der Waals surface area contributed by atoms with Crippen molar-refractivity contribution in [2.75, 3.05) is 5.75 Å². The van der Waals surface area contributed by atoms with Crippen LogP contribution in [0.1, 0.15) is 0 Å². The monoisotopic (exact) mass is 217 g/mol. The largest absolute Gasteiger partial charge is 0.139 e. The Bertz CT molecular complexity index is 174. The van der Waals surface area contributed by atoms with E-state index in [1.807, 2.05) is 21.6 Å². The minimum absolute atomic E-state index is 0. The maximum atomic E-state index is 3.42. The molecule has 0 spiro atoms. The van der Waals surface area contributed by atoms with Crippen LogP contribution < -0.4 is 0 Å². The van der Waals surface area contributed by atoms with E-state index in [1.165, 1.54) is 5.75 Å². The SMILES string of the molecule is C1=CSSC1.[SiH4].c1cnnnc1. The van der Waals surface area contributed by atoms with Crippen molar-refractivity contribution >= 4 is 32.6 Å². The molecular formula is C6H11N3S2Si. The number of aromatic nitrogens is 3. The van der Waals surface area contributed by atoms with Gasteiger partial charge in [0, 0.05) is 5.75 Å². The molecule has 0 bridgehead atoms. The molecule has 0 aromatic carbocycles. The van der Waals surface area contributed by atoms with Crippen LogP contribution in [0.5, 0.6) is 0 Å². The molecule has 3 nitrogen and oxygen atoms in total. The Kier molecular flexibility index (Phi) is 8.52. The lowest BCUT2D eigenvalue weighted by molar-refractivity contribution is 0.865. The maximum absolute atomic E-state index is 3.42. The fourth-order valence-electron chi connectivity index (χ4n) is 0.401. The van der Waals surface area contributed by atoms with E-state index in [2.05, 4.69) is 26.9 Å². The summed E-state index contributed by atoms with van der Waals surface area (Å²) < 4.78 is 0. The van der Waals surface area contributed by atoms with Gasteiger partial charge < -0.3 is 0 Å². The van der Waals surface area contributed by atoms with Gasteiger partial charge in [0.25, 0.3) is 0 Å². The first-order valence-electron chi connectivity index (χ1n) is 3.02. The van der Waals surface area contributed by atoms with Crippen LogP contribution in [0.3, 0.4) is 0 Å². The van der Waals surface area contributed by atoms with Crippen LogP contribution >= 0.6 is 21.6 Å². The van der Waals surface area contributed by atoms with E-state index < -0.39 is 0 Å². The van der Waals surface area contributed by atoms with Gasteiger partial charge in [-0.3, -0.25) is 0 Å². The van der Waals surface area contributed by atoms with Crippen LogP contribution in [0.25, 0.3) is 0 Å². The summed E-state index contributed by atoms with van der Waals surface area (Å²) in [6, 6.07) is 1.72. The highest BCUT2D eigenvalue weighted by atomic mass is 33.1. The molecule has 2 rings (SSSR count). The molecule has 0 radical (unpaired) electrons. The molecule has 0 aliphatic carbocycles. The highest BCUT2D eigenvalue weighted by molar-refractivity contribution is 8.78. The lowest BCUT2D eigenvalue weighted by Crippen LogP contribution is -1.78. The zero-order valence-corrected chi connectivity index (χ0v) is 7.38. The van der Waals surface area contributed by atoms with Crippen molar-refractivity contribution in [3.8, 4) is 0 Å². The van der Waals surface area contributed by atoms with Gasteiger partial charge in [0.2, 0.25) is 0 Å². The fraction of sp³-hybridized carbons (Fsp3) is 0.167. The van der Waals surface area contributed by atoms with Crippen LogP contribution in [0.2, 0.25) is 0 Å². The predicted octanol–water partition coefficient (Wildman–Crippen LogP) is 0.315. The Hall–Kier alpha value is -0.333. The second-order valence-electron chi connectivity index (χ2n) is 1.56. The predicted molar refractivity (Wildman–Crippen MR) is 60.4 cm³/mol. The zero-order valence-electron chi connectivity index (χ0n) is 5.75. The second kappa shape index (κ2) is 8.76. The lowest BCUT2D eigenvalue weighted by atomic mass is 10.7. The van der Waals surface area contributed by atoms with Crippen molar-refractivity contribution in [1.82, 2.24) is 15.4 Å². The summed E-state index contributed by atoms with van der Waals surface area (Å²) in [6.07, 6.45) is 5.31. The molecule has 12 heavy (non-hydrogen) atoms. The molecule has 6 heteroatoms. The second-order valence-corrected chi connectivity index (χ2v) is 3.88. The third-order valence-electron chi connectivity index (χ3n) is 0.793. The van der Waals surface area contributed by atoms with E-state index in [0.29, 0.717) is 0 Å². The van der Waals surface area contributed by atoms with Crippen molar-refractivity contribution in [3.05, 3.63) is 29.9 Å². The molecule has 66 valence electrons. The van der Waals surface area contributed by atoms with Crippen LogP contribution in [0.4, 0.5) is 0 Å². The molecule has 0 N–H and O–H groups in total. The molecule has 1 aliphatic rings. The molecule has 0 unspecified atom stereocenters. The minimum atomic E-state index is 0. The van der Waals surface area contributed by atoms with Crippen molar-refractivity contribution < 1.29 is 0 Å². The third kappa shape index (κ3) is 6.38. The Balaban J connectivity index is 0.000000189. The summed E-state index contributed by atoms with van der Waals surface area (Å²) in [4.78, 5) is 0. The maximum Gasteiger partial charge on any atom is 0.0529 e. The Morgan fingerprint density at radius 3 is 2.08 bits per heavy atom. The van der Waals surface area contributed by atoms with Crippen LogP contribution in [-0.4, -0.2) is 32.1 Å². The summed E-state index contributed by atoms with van der Waals surface area (Å²) in [5.41, 5.74) is 0. The summed E-state index contributed by atoms with van der Waals surface area (Å²) in [6.45, 7) is 0. The Labute approximate surface area is 83.9 Å². The molecule has 0 atom stereocenters. The molecule has 0 saturated heterocycles. The minimum Gasteiger partial charge on any atom is -0.139 e. The van der Waals surface area contributed by atoms with E-state index in [4.69, 9.17) is 0 Å². The smallest absolute Gasteiger partial charge is 0.0529 e. The molecule has 0 amide bonds. The normalized spacial score (nSPS) is 12.7. The molecule has 0 saturated carbocycles. The van der Waals surface area contributed by atoms with Gasteiger partial charge in [-0.05, 0) is 27.7 Å². The first-order chi connectivity index (χ1) is 5.50. The topological polar surface area (TPSA) is 38.7 Å². The third-order valence-corrected chi connectivity index (χ3v) is 2.71. The lowest BCUT2D eigenvalue weighted by Gasteiger charge is -1.69. The Morgan fingerprint density at radius 1 is 1.17 bits per heavy atom. The van der Waals surface area contributed by atoms with E-state index in [9.17, 15) is 0 Å². The Morgan fingerprint density at radius 2 is 1.92 bits per heavy atom. The van der Waals surface area contributed by atoms with Gasteiger partial charge in [0.15, 0.2) is 0 Å². The number of hydrogen-bond acceptors (Lipinski definition) is 5. The van der Waals surface area contributed by atoms with Gasteiger partial charge in [-0.15, -0.1) is 10.2 Å². The average molecular weight is 217 g/mol. The molecule has 1 aromatic heterocycles. The van der Waals surface area contributed by atoms with Gasteiger partial charge in [-0.25, -0.2) is 0 Å². The van der Waals surface area contributed by atoms with E-state index in [-0.39, 0.29) is 11.0 Å². The fourth-order valence-corrected chi connectivity index (χ4v) is 1.97. The summed E-state index contributed by atoms with van der Waals surface area (Å²) in [5.74, 6) is 1.20. The summed E-state index contributed by atoms with van der Waals surface area (Å²) in [5, 5.41) is 12.2. The zero-order chi connectivity index (χ0) is 7.78. The highest BCUT2D eigenvalue weighted by Crippen LogP contribution is 2.27. The number of nitrogens with zero attached hydrogens (tertiary/aromatic N) is 3. The molecule has 1 aliphatic heterocycles. The highest BCUT2D eigenvalue weighted by Gasteiger charge is 1.85. The molecule has 0 fully saturated rings. The standard InChI is InChI=1S/C3H3N3.C3H4S2.H4Si/c1-2-4-6-5-3-1;1-2-4-5-3-1;/h1-3H;1-2H,3H2;1H4. The summed E-state index contributed by atoms with van der Waals surface area (Å²) in [7, 11) is 3.69. The van der Waals surface area contributed by atoms with Crippen molar-refractivity contribution in [2.24, 2.45) is 0 Å². The number of hydrogen-bond donors (Lipinski definition) is 0. The van der Waals surface area contributed by atoms with Crippen LogP contribution in [0.15, 0.2) is 29.9 Å². The van der Waals surface area contributed by atoms with E-state index in [0.717, 1.165) is 0 Å². The van der Waals surface area contributed by atoms with Gasteiger partial charge >= 0.3 is 0 Å². The summed E-state index contributed by atoms with van der Waals surface area (Å²) >= 11 is 0. The van der Waals surface area contributed by atoms with Gasteiger partial charge in [0.1, 0.15) is 0 Å². The number of rotatable bonds is 0. The van der Waals surface area contributed by atoms with Crippen molar-refractivity contribution in [2.45, 2.75) is 0 Å². The van der Waals surface area contributed by atoms with Gasteiger partial charge in [0.05, 0.1) is 12.4 Å². The average Bonchev–Trinajstić information content (AvgIpc) is 2.64. The molecule has 1 aromatic rings. The first-order valence-corrected chi connectivity index (χ1v) is 5.40. The quantitative estimate of drug-likeness (QED) is 0.462. The molecule has 2 heterocycles. The first kappa shape index (κ1) is 11.7. The molecular weight excluding hydrogens is 206 g/mol. The van der Waals surface area contributed by atoms with E-state index >= 15 is 0 Å². The van der Waals surface area contributed by atoms with Gasteiger partial charge in [-0.1, -0.05) is 27.7 Å². The van der Waals surface area contributed by atoms with Gasteiger partial charge in [-0.2, -0.15) is 0 Å². The van der Waals surface area contributed by atoms with Crippen molar-refractivity contribution in [1.29, 1.82) is 0 Å². The van der Waals surface area contributed by atoms with Crippen LogP contribution in [0, 0.1) is 0 Å². The van der Waals surface area contributed by atoms with E-state index in [1.54, 1.807) is 18.5 Å².